The van der Waals surface area contributed by atoms with Crippen LogP contribution in [0, 0.1) is 5.92 Å². The van der Waals surface area contributed by atoms with Crippen LogP contribution in [0.15, 0.2) is 35.4 Å². The minimum absolute atomic E-state index is 0.00687. The number of hydrogen-bond acceptors (Lipinski definition) is 8. The third-order valence-corrected chi connectivity index (χ3v) is 6.80. The highest BCUT2D eigenvalue weighted by atomic mass is 16.5. The highest BCUT2D eigenvalue weighted by molar-refractivity contribution is 6.00. The molecule has 2 fully saturated rings. The normalized spacial score (nSPS) is 22.3. The lowest BCUT2D eigenvalue weighted by Gasteiger charge is -2.24. The van der Waals surface area contributed by atoms with Crippen LogP contribution in [0.1, 0.15) is 48.5 Å². The molecule has 4 N–H and O–H groups in total. The van der Waals surface area contributed by atoms with Crippen LogP contribution in [-0.2, 0) is 4.74 Å². The van der Waals surface area contributed by atoms with Crippen molar-refractivity contribution in [1.29, 1.82) is 0 Å². The number of carbonyl (C=O) groups excluding carboxylic acids is 1. The average molecular weight is 482 g/mol. The smallest absolute Gasteiger partial charge is 0.274 e. The van der Waals surface area contributed by atoms with E-state index in [1.54, 1.807) is 34.5 Å². The zero-order valence-corrected chi connectivity index (χ0v) is 19.7. The van der Waals surface area contributed by atoms with Gasteiger partial charge in [0.15, 0.2) is 5.65 Å². The lowest BCUT2D eigenvalue weighted by Crippen LogP contribution is -2.31. The van der Waals surface area contributed by atoms with Crippen molar-refractivity contribution in [3.05, 3.63) is 46.5 Å². The number of aliphatic hydroxyl groups is 1. The molecule has 186 valence electrons. The van der Waals surface area contributed by atoms with E-state index in [1.165, 1.54) is 6.20 Å². The fraction of sp³-hybridized carbons (Fsp3) is 0.500. The van der Waals surface area contributed by atoms with Crippen LogP contribution < -0.4 is 21.5 Å². The second-order valence-corrected chi connectivity index (χ2v) is 9.24. The van der Waals surface area contributed by atoms with E-state index in [9.17, 15) is 14.7 Å². The van der Waals surface area contributed by atoms with Gasteiger partial charge in [-0.1, -0.05) is 0 Å². The number of hydrogen-bond donors (Lipinski definition) is 4. The van der Waals surface area contributed by atoms with E-state index < -0.39 is 0 Å². The van der Waals surface area contributed by atoms with E-state index in [1.807, 2.05) is 6.07 Å². The molecule has 1 saturated heterocycles. The van der Waals surface area contributed by atoms with Gasteiger partial charge in [-0.25, -0.2) is 4.98 Å². The number of fused-ring (bicyclic) bond motifs is 1. The number of nitrogens with one attached hydrogen (secondary N) is 3. The van der Waals surface area contributed by atoms with Crippen molar-refractivity contribution < 1.29 is 14.6 Å². The summed E-state index contributed by atoms with van der Waals surface area (Å²) in [5.74, 6) is 1.04. The fourth-order valence-electron chi connectivity index (χ4n) is 4.91. The molecule has 2 aliphatic rings. The topological polar surface area (TPSA) is 135 Å². The summed E-state index contributed by atoms with van der Waals surface area (Å²) in [5, 5.41) is 23.2. The Bertz CT molecular complexity index is 1260. The molecule has 1 aliphatic heterocycles. The van der Waals surface area contributed by atoms with Gasteiger partial charge in [-0.15, -0.1) is 0 Å². The van der Waals surface area contributed by atoms with Crippen LogP contribution in [0.25, 0.3) is 5.65 Å². The number of anilines is 3. The van der Waals surface area contributed by atoms with Gasteiger partial charge < -0.3 is 30.4 Å². The zero-order chi connectivity index (χ0) is 24.4. The maximum Gasteiger partial charge on any atom is 0.274 e. The van der Waals surface area contributed by atoms with Crippen LogP contribution >= 0.6 is 0 Å². The van der Waals surface area contributed by atoms with Crippen LogP contribution in [0.4, 0.5) is 17.3 Å². The first-order valence-electron chi connectivity index (χ1n) is 12.1. The van der Waals surface area contributed by atoms with Gasteiger partial charge in [0, 0.05) is 32.5 Å². The molecule has 0 bridgehead atoms. The van der Waals surface area contributed by atoms with Crippen molar-refractivity contribution in [2.75, 3.05) is 37.4 Å². The largest absolute Gasteiger partial charge is 0.393 e. The lowest BCUT2D eigenvalue weighted by atomic mass is 10.1. The monoisotopic (exact) mass is 481 g/mol. The van der Waals surface area contributed by atoms with Crippen molar-refractivity contribution in [1.82, 2.24) is 24.5 Å². The van der Waals surface area contributed by atoms with E-state index in [0.29, 0.717) is 48.1 Å². The van der Waals surface area contributed by atoms with Crippen molar-refractivity contribution in [3.8, 4) is 0 Å². The van der Waals surface area contributed by atoms with Crippen molar-refractivity contribution in [2.45, 2.75) is 44.2 Å². The number of nitrogens with zero attached hydrogens (tertiary/aromatic N) is 4. The van der Waals surface area contributed by atoms with E-state index >= 15 is 0 Å². The van der Waals surface area contributed by atoms with Crippen LogP contribution in [0.3, 0.4) is 0 Å². The molecule has 1 aliphatic carbocycles. The summed E-state index contributed by atoms with van der Waals surface area (Å²) in [6.07, 6.45) is 7.18. The molecule has 35 heavy (non-hydrogen) atoms. The summed E-state index contributed by atoms with van der Waals surface area (Å²) < 4.78 is 8.81. The Kier molecular flexibility index (Phi) is 6.69. The molecule has 4 heterocycles. The number of rotatable bonds is 7. The Labute approximate surface area is 202 Å². The van der Waals surface area contributed by atoms with Gasteiger partial charge in [-0.05, 0) is 50.2 Å². The number of aromatic nitrogens is 4. The highest BCUT2D eigenvalue weighted by Crippen LogP contribution is 2.25. The predicted octanol–water partition coefficient (Wildman–Crippen LogP) is 1.92. The SMILES string of the molecule is CNc1cc(Nc2cccn([C@H]3CCCOC3)c2=O)nc2c(C(=O)NC[C@H]3CC[C@H](O)C3)cnn12. The molecule has 11 heteroatoms. The third-order valence-electron chi connectivity index (χ3n) is 6.80. The summed E-state index contributed by atoms with van der Waals surface area (Å²) in [4.78, 5) is 30.7. The maximum atomic E-state index is 13.2. The Balaban J connectivity index is 1.40. The van der Waals surface area contributed by atoms with Gasteiger partial charge in [0.05, 0.1) is 24.9 Å². The summed E-state index contributed by atoms with van der Waals surface area (Å²) in [6.45, 7) is 1.74. The second kappa shape index (κ2) is 10.0. The van der Waals surface area contributed by atoms with Crippen molar-refractivity contribution >= 4 is 28.9 Å². The van der Waals surface area contributed by atoms with Gasteiger partial charge in [-0.3, -0.25) is 9.59 Å². The molecule has 5 rings (SSSR count). The molecular weight excluding hydrogens is 450 g/mol. The Morgan fingerprint density at radius 3 is 2.94 bits per heavy atom. The average Bonchev–Trinajstić information content (AvgIpc) is 3.50. The van der Waals surface area contributed by atoms with Gasteiger partial charge in [0.25, 0.3) is 11.5 Å². The first-order valence-corrected chi connectivity index (χ1v) is 12.1. The number of aliphatic hydroxyl groups excluding tert-OH is 1. The Morgan fingerprint density at radius 2 is 2.20 bits per heavy atom. The number of ether oxygens (including phenoxy) is 1. The first kappa shape index (κ1) is 23.3. The van der Waals surface area contributed by atoms with E-state index in [-0.39, 0.29) is 29.5 Å². The summed E-state index contributed by atoms with van der Waals surface area (Å²) in [7, 11) is 1.75. The van der Waals surface area contributed by atoms with Crippen LogP contribution in [-0.4, -0.2) is 63.1 Å². The van der Waals surface area contributed by atoms with Gasteiger partial charge in [0.2, 0.25) is 0 Å². The minimum atomic E-state index is -0.282. The maximum absolute atomic E-state index is 13.2. The van der Waals surface area contributed by atoms with E-state index in [2.05, 4.69) is 26.0 Å². The Hall–Kier alpha value is -3.44. The number of pyridine rings is 1. The molecule has 3 atom stereocenters. The van der Waals surface area contributed by atoms with E-state index in [4.69, 9.17) is 4.74 Å². The Morgan fingerprint density at radius 1 is 1.31 bits per heavy atom. The molecule has 0 unspecified atom stereocenters. The van der Waals surface area contributed by atoms with Crippen LogP contribution in [0.5, 0.6) is 0 Å². The third kappa shape index (κ3) is 4.87. The summed E-state index contributed by atoms with van der Waals surface area (Å²) >= 11 is 0. The van der Waals surface area contributed by atoms with Gasteiger partial charge in [-0.2, -0.15) is 9.61 Å². The minimum Gasteiger partial charge on any atom is -0.393 e. The second-order valence-electron chi connectivity index (χ2n) is 9.24. The standard InChI is InChI=1S/C24H31N7O4/c1-25-21-11-20(28-19-5-2-8-30(24(19)34)16-4-3-9-35-14-16)29-22-18(13-27-31(21)22)23(33)26-12-15-6-7-17(32)10-15/h2,5,8,11,13,15-17,25,32H,3-4,6-7,9-10,12,14H2,1H3,(H,26,33)(H,28,29)/t15-,16-,17-/m0/s1. The quantitative estimate of drug-likeness (QED) is 0.402. The zero-order valence-electron chi connectivity index (χ0n) is 19.7. The molecule has 0 radical (unpaired) electrons. The van der Waals surface area contributed by atoms with Gasteiger partial charge in [0.1, 0.15) is 22.9 Å². The van der Waals surface area contributed by atoms with Crippen LogP contribution in [0.2, 0.25) is 0 Å². The highest BCUT2D eigenvalue weighted by Gasteiger charge is 2.24. The summed E-state index contributed by atoms with van der Waals surface area (Å²) in [5.41, 5.74) is 0.956. The molecule has 3 aromatic rings. The molecule has 1 saturated carbocycles. The fourth-order valence-corrected chi connectivity index (χ4v) is 4.91. The summed E-state index contributed by atoms with van der Waals surface area (Å²) in [6, 6.07) is 5.29. The van der Waals surface area contributed by atoms with Crippen molar-refractivity contribution in [2.24, 2.45) is 5.92 Å². The van der Waals surface area contributed by atoms with Crippen molar-refractivity contribution in [3.63, 3.8) is 0 Å². The molecular formula is C24H31N7O4. The molecule has 1 amide bonds. The number of amides is 1. The van der Waals surface area contributed by atoms with E-state index in [0.717, 1.165) is 32.3 Å². The lowest BCUT2D eigenvalue weighted by molar-refractivity contribution is 0.0581. The molecule has 0 spiro atoms. The predicted molar refractivity (Wildman–Crippen MR) is 131 cm³/mol. The first-order chi connectivity index (χ1) is 17.0. The molecule has 11 nitrogen and oxygen atoms in total. The molecule has 3 aromatic heterocycles. The number of carbonyl (C=O) groups is 1. The molecule has 0 aromatic carbocycles. The van der Waals surface area contributed by atoms with Gasteiger partial charge >= 0.3 is 0 Å².